The zero-order valence-electron chi connectivity index (χ0n) is 10.9. The Bertz CT molecular complexity index is 796. The number of aryl methyl sites for hydroxylation is 2. The molecule has 0 aliphatic rings. The average Bonchev–Trinajstić information content (AvgIpc) is 2.38. The van der Waals surface area contributed by atoms with Gasteiger partial charge in [0.25, 0.3) is 0 Å². The molecule has 1 heterocycles. The van der Waals surface area contributed by atoms with E-state index in [4.69, 9.17) is 4.42 Å². The van der Waals surface area contributed by atoms with Crippen LogP contribution < -0.4 is 5.63 Å². The maximum Gasteiger partial charge on any atom is 0.336 e. The highest BCUT2D eigenvalue weighted by molar-refractivity contribution is 5.93. The van der Waals surface area contributed by atoms with Crippen molar-refractivity contribution >= 4 is 11.0 Å². The Kier molecular flexibility index (Phi) is 2.71. The lowest BCUT2D eigenvalue weighted by Gasteiger charge is -2.06. The number of hydrogen-bond acceptors (Lipinski definition) is 2. The Morgan fingerprint density at radius 2 is 1.53 bits per heavy atom. The normalized spacial score (nSPS) is 10.8. The van der Waals surface area contributed by atoms with Gasteiger partial charge in [-0.1, -0.05) is 42.0 Å². The molecule has 0 aliphatic carbocycles. The van der Waals surface area contributed by atoms with Gasteiger partial charge in [-0.05, 0) is 36.6 Å². The van der Waals surface area contributed by atoms with E-state index >= 15 is 0 Å². The molecule has 0 saturated heterocycles. The summed E-state index contributed by atoms with van der Waals surface area (Å²) in [5, 5.41) is 0.967. The van der Waals surface area contributed by atoms with E-state index < -0.39 is 0 Å². The first kappa shape index (κ1) is 11.7. The molecule has 3 aromatic rings. The number of hydrogen-bond donors (Lipinski definition) is 0. The van der Waals surface area contributed by atoms with E-state index in [1.54, 1.807) is 6.07 Å². The van der Waals surface area contributed by atoms with Gasteiger partial charge in [-0.25, -0.2) is 4.79 Å². The summed E-state index contributed by atoms with van der Waals surface area (Å²) in [6, 6.07) is 15.6. The monoisotopic (exact) mass is 250 g/mol. The third kappa shape index (κ3) is 2.17. The molecular weight excluding hydrogens is 236 g/mol. The van der Waals surface area contributed by atoms with Gasteiger partial charge >= 0.3 is 5.63 Å². The van der Waals surface area contributed by atoms with Crippen LogP contribution in [0, 0.1) is 13.8 Å². The number of fused-ring (bicyclic) bond motifs is 1. The molecule has 0 bridgehead atoms. The highest BCUT2D eigenvalue weighted by Crippen LogP contribution is 2.27. The van der Waals surface area contributed by atoms with Crippen molar-refractivity contribution in [3.05, 3.63) is 70.1 Å². The van der Waals surface area contributed by atoms with E-state index in [0.717, 1.165) is 22.1 Å². The van der Waals surface area contributed by atoms with Crippen molar-refractivity contribution in [2.24, 2.45) is 0 Å². The van der Waals surface area contributed by atoms with Crippen molar-refractivity contribution in [2.45, 2.75) is 13.8 Å². The molecule has 94 valence electrons. The van der Waals surface area contributed by atoms with E-state index in [1.807, 2.05) is 56.3 Å². The number of benzene rings is 2. The quantitative estimate of drug-likeness (QED) is 0.609. The summed E-state index contributed by atoms with van der Waals surface area (Å²) in [5.74, 6) is 0. The molecule has 2 nitrogen and oxygen atoms in total. The summed E-state index contributed by atoms with van der Waals surface area (Å²) < 4.78 is 5.27. The minimum atomic E-state index is -0.311. The molecule has 0 atom stereocenters. The summed E-state index contributed by atoms with van der Waals surface area (Å²) in [6.07, 6.45) is 0. The van der Waals surface area contributed by atoms with Crippen LogP contribution in [0.1, 0.15) is 11.1 Å². The molecule has 19 heavy (non-hydrogen) atoms. The van der Waals surface area contributed by atoms with Crippen LogP contribution in [0.5, 0.6) is 0 Å². The van der Waals surface area contributed by atoms with Crippen molar-refractivity contribution in [3.63, 3.8) is 0 Å². The van der Waals surface area contributed by atoms with Crippen molar-refractivity contribution < 1.29 is 4.42 Å². The Hall–Kier alpha value is -2.35. The minimum absolute atomic E-state index is 0.311. The fourth-order valence-electron chi connectivity index (χ4n) is 2.24. The van der Waals surface area contributed by atoms with Gasteiger partial charge in [-0.15, -0.1) is 0 Å². The van der Waals surface area contributed by atoms with E-state index in [-0.39, 0.29) is 5.63 Å². The third-order valence-electron chi connectivity index (χ3n) is 3.26. The summed E-state index contributed by atoms with van der Waals surface area (Å²) in [5.41, 5.74) is 4.57. The van der Waals surface area contributed by atoms with Crippen LogP contribution >= 0.6 is 0 Å². The second-order valence-corrected chi connectivity index (χ2v) is 4.84. The first-order valence-electron chi connectivity index (χ1n) is 6.25. The maximum atomic E-state index is 11.7. The van der Waals surface area contributed by atoms with Crippen LogP contribution in [0.4, 0.5) is 0 Å². The van der Waals surface area contributed by atoms with E-state index in [0.29, 0.717) is 5.58 Å². The van der Waals surface area contributed by atoms with Crippen molar-refractivity contribution in [1.29, 1.82) is 0 Å². The van der Waals surface area contributed by atoms with Crippen LogP contribution in [0.15, 0.2) is 57.7 Å². The summed E-state index contributed by atoms with van der Waals surface area (Å²) in [6.45, 7) is 4.03. The van der Waals surface area contributed by atoms with Crippen LogP contribution in [-0.4, -0.2) is 0 Å². The third-order valence-corrected chi connectivity index (χ3v) is 3.26. The number of rotatable bonds is 1. The first-order chi connectivity index (χ1) is 9.13. The van der Waals surface area contributed by atoms with Gasteiger partial charge in [0.1, 0.15) is 5.58 Å². The van der Waals surface area contributed by atoms with Gasteiger partial charge in [0.15, 0.2) is 0 Å². The maximum absolute atomic E-state index is 11.7. The van der Waals surface area contributed by atoms with Crippen LogP contribution in [0.25, 0.3) is 22.1 Å². The Morgan fingerprint density at radius 1 is 0.842 bits per heavy atom. The first-order valence-corrected chi connectivity index (χ1v) is 6.25. The molecule has 0 amide bonds. The molecule has 0 aliphatic heterocycles. The Balaban J connectivity index is 2.34. The SMILES string of the molecule is Cc1ccc(-c2cc(=O)oc3cc(C)ccc23)cc1. The van der Waals surface area contributed by atoms with E-state index in [1.165, 1.54) is 5.56 Å². The molecule has 2 aromatic carbocycles. The van der Waals surface area contributed by atoms with E-state index in [2.05, 4.69) is 0 Å². The van der Waals surface area contributed by atoms with Crippen molar-refractivity contribution in [3.8, 4) is 11.1 Å². The highest BCUT2D eigenvalue weighted by atomic mass is 16.4. The lowest BCUT2D eigenvalue weighted by Crippen LogP contribution is -1.98. The fraction of sp³-hybridized carbons (Fsp3) is 0.118. The molecule has 3 rings (SSSR count). The molecule has 0 radical (unpaired) electrons. The van der Waals surface area contributed by atoms with Gasteiger partial charge in [0, 0.05) is 11.5 Å². The smallest absolute Gasteiger partial charge is 0.336 e. The average molecular weight is 250 g/mol. The van der Waals surface area contributed by atoms with E-state index in [9.17, 15) is 4.79 Å². The molecule has 0 unspecified atom stereocenters. The summed E-state index contributed by atoms with van der Waals surface area (Å²) in [4.78, 5) is 11.7. The van der Waals surface area contributed by atoms with Gasteiger partial charge < -0.3 is 4.42 Å². The second kappa shape index (κ2) is 4.39. The lowest BCUT2D eigenvalue weighted by atomic mass is 10.0. The van der Waals surface area contributed by atoms with Gasteiger partial charge in [-0.3, -0.25) is 0 Å². The molecule has 2 heteroatoms. The Labute approximate surface area is 111 Å². The molecule has 0 spiro atoms. The topological polar surface area (TPSA) is 30.2 Å². The lowest BCUT2D eigenvalue weighted by molar-refractivity contribution is 0.561. The molecular formula is C17H14O2. The molecule has 0 fully saturated rings. The largest absolute Gasteiger partial charge is 0.423 e. The summed E-state index contributed by atoms with van der Waals surface area (Å²) in [7, 11) is 0. The second-order valence-electron chi connectivity index (χ2n) is 4.84. The minimum Gasteiger partial charge on any atom is -0.423 e. The van der Waals surface area contributed by atoms with Crippen LogP contribution in [0.3, 0.4) is 0 Å². The van der Waals surface area contributed by atoms with Crippen LogP contribution in [0.2, 0.25) is 0 Å². The highest BCUT2D eigenvalue weighted by Gasteiger charge is 2.07. The van der Waals surface area contributed by atoms with Crippen LogP contribution in [-0.2, 0) is 0 Å². The van der Waals surface area contributed by atoms with Gasteiger partial charge in [0.05, 0.1) is 0 Å². The fourth-order valence-corrected chi connectivity index (χ4v) is 2.24. The zero-order chi connectivity index (χ0) is 13.4. The standard InChI is InChI=1S/C17H14O2/c1-11-3-6-13(7-4-11)15-10-17(18)19-16-9-12(2)5-8-14(15)16/h3-10H,1-2H3. The molecule has 1 aromatic heterocycles. The predicted molar refractivity (Wildman–Crippen MR) is 77.4 cm³/mol. The van der Waals surface area contributed by atoms with Gasteiger partial charge in [-0.2, -0.15) is 0 Å². The van der Waals surface area contributed by atoms with Gasteiger partial charge in [0.2, 0.25) is 0 Å². The summed E-state index contributed by atoms with van der Waals surface area (Å²) >= 11 is 0. The predicted octanol–water partition coefficient (Wildman–Crippen LogP) is 4.08. The molecule has 0 saturated carbocycles. The zero-order valence-corrected chi connectivity index (χ0v) is 10.9. The molecule has 0 N–H and O–H groups in total. The van der Waals surface area contributed by atoms with Crippen molar-refractivity contribution in [1.82, 2.24) is 0 Å². The van der Waals surface area contributed by atoms with Crippen molar-refractivity contribution in [2.75, 3.05) is 0 Å². The Morgan fingerprint density at radius 3 is 2.26 bits per heavy atom.